The van der Waals surface area contributed by atoms with E-state index in [4.69, 9.17) is 27.9 Å². The highest BCUT2D eigenvalue weighted by Gasteiger charge is 2.44. The quantitative estimate of drug-likeness (QED) is 0.798. The number of ether oxygens (including phenoxy) is 1. The second kappa shape index (κ2) is 7.41. The SMILES string of the molecule is COCC(=O)N1CC2c3c(C4CCN(C)N4)cc(Cl)c(Cl)c3NC2C[C@H]1C. The summed E-state index contributed by atoms with van der Waals surface area (Å²) in [5, 5.41) is 6.88. The highest BCUT2D eigenvalue weighted by atomic mass is 35.5. The van der Waals surface area contributed by atoms with Crippen LogP contribution in [0.5, 0.6) is 0 Å². The molecule has 2 fully saturated rings. The first kappa shape index (κ1) is 19.3. The summed E-state index contributed by atoms with van der Waals surface area (Å²) in [6.07, 6.45) is 1.89. The number of nitrogens with one attached hydrogen (secondary N) is 2. The number of benzene rings is 1. The van der Waals surface area contributed by atoms with Crippen LogP contribution in [-0.4, -0.2) is 61.8 Å². The van der Waals surface area contributed by atoms with Crippen LogP contribution in [0.15, 0.2) is 6.07 Å². The van der Waals surface area contributed by atoms with Crippen molar-refractivity contribution in [3.8, 4) is 0 Å². The first-order valence-corrected chi connectivity index (χ1v) is 10.2. The van der Waals surface area contributed by atoms with E-state index in [2.05, 4.69) is 22.7 Å². The smallest absolute Gasteiger partial charge is 0.248 e. The molecule has 27 heavy (non-hydrogen) atoms. The van der Waals surface area contributed by atoms with Crippen LogP contribution in [0.3, 0.4) is 0 Å². The van der Waals surface area contributed by atoms with Gasteiger partial charge in [0.05, 0.1) is 15.7 Å². The van der Waals surface area contributed by atoms with Crippen molar-refractivity contribution in [3.63, 3.8) is 0 Å². The number of hydrogen-bond donors (Lipinski definition) is 2. The number of likely N-dealkylation sites (tertiary alicyclic amines) is 1. The van der Waals surface area contributed by atoms with Crippen LogP contribution in [-0.2, 0) is 9.53 Å². The molecule has 6 nitrogen and oxygen atoms in total. The Morgan fingerprint density at radius 1 is 1.41 bits per heavy atom. The van der Waals surface area contributed by atoms with E-state index in [1.165, 1.54) is 11.1 Å². The molecule has 0 aliphatic carbocycles. The van der Waals surface area contributed by atoms with Crippen molar-refractivity contribution in [1.29, 1.82) is 0 Å². The Labute approximate surface area is 170 Å². The number of carbonyl (C=O) groups is 1. The van der Waals surface area contributed by atoms with E-state index in [0.29, 0.717) is 16.6 Å². The van der Waals surface area contributed by atoms with Crippen molar-refractivity contribution in [2.24, 2.45) is 0 Å². The van der Waals surface area contributed by atoms with E-state index in [0.717, 1.165) is 25.1 Å². The Bertz CT molecular complexity index is 760. The number of anilines is 1. The maximum Gasteiger partial charge on any atom is 0.248 e. The normalized spacial score (nSPS) is 30.2. The lowest BCUT2D eigenvalue weighted by atomic mass is 9.82. The minimum Gasteiger partial charge on any atom is -0.380 e. The lowest BCUT2D eigenvalue weighted by molar-refractivity contribution is -0.138. The Kier molecular flexibility index (Phi) is 5.29. The number of halogens is 2. The zero-order valence-corrected chi connectivity index (χ0v) is 17.4. The molecule has 1 amide bonds. The van der Waals surface area contributed by atoms with E-state index in [9.17, 15) is 4.79 Å². The molecule has 3 aliphatic heterocycles. The van der Waals surface area contributed by atoms with Crippen LogP contribution in [0.1, 0.15) is 42.9 Å². The first-order chi connectivity index (χ1) is 12.9. The van der Waals surface area contributed by atoms with Gasteiger partial charge in [0.25, 0.3) is 0 Å². The van der Waals surface area contributed by atoms with E-state index < -0.39 is 0 Å². The summed E-state index contributed by atoms with van der Waals surface area (Å²) in [5.74, 6) is 0.242. The average molecular weight is 413 g/mol. The molecule has 0 radical (unpaired) electrons. The van der Waals surface area contributed by atoms with Crippen LogP contribution in [0.2, 0.25) is 10.0 Å². The maximum absolute atomic E-state index is 12.5. The van der Waals surface area contributed by atoms with Crippen molar-refractivity contribution in [3.05, 3.63) is 27.2 Å². The lowest BCUT2D eigenvalue weighted by Gasteiger charge is -2.40. The number of hydrogen-bond acceptors (Lipinski definition) is 5. The first-order valence-electron chi connectivity index (χ1n) is 9.44. The van der Waals surface area contributed by atoms with Gasteiger partial charge in [0.15, 0.2) is 0 Å². The zero-order chi connectivity index (χ0) is 19.3. The van der Waals surface area contributed by atoms with E-state index in [-0.39, 0.29) is 36.6 Å². The van der Waals surface area contributed by atoms with E-state index >= 15 is 0 Å². The summed E-state index contributed by atoms with van der Waals surface area (Å²) in [4.78, 5) is 14.5. The molecule has 2 saturated heterocycles. The fourth-order valence-electron chi connectivity index (χ4n) is 4.80. The maximum atomic E-state index is 12.5. The highest BCUT2D eigenvalue weighted by molar-refractivity contribution is 6.44. The van der Waals surface area contributed by atoms with Crippen LogP contribution >= 0.6 is 23.2 Å². The van der Waals surface area contributed by atoms with Gasteiger partial charge in [-0.3, -0.25) is 4.79 Å². The third-order valence-electron chi connectivity index (χ3n) is 6.09. The van der Waals surface area contributed by atoms with E-state index in [1.54, 1.807) is 7.11 Å². The number of carbonyl (C=O) groups excluding carboxylic acids is 1. The van der Waals surface area contributed by atoms with Gasteiger partial charge in [-0.15, -0.1) is 0 Å². The molecule has 3 unspecified atom stereocenters. The monoisotopic (exact) mass is 412 g/mol. The Hall–Kier alpha value is -1.05. The molecule has 4 rings (SSSR count). The number of methoxy groups -OCH3 is 1. The van der Waals surface area contributed by atoms with Gasteiger partial charge in [0.1, 0.15) is 6.61 Å². The van der Waals surface area contributed by atoms with Crippen molar-refractivity contribution < 1.29 is 9.53 Å². The summed E-state index contributed by atoms with van der Waals surface area (Å²) >= 11 is 13.0. The lowest BCUT2D eigenvalue weighted by Crippen LogP contribution is -2.51. The predicted molar refractivity (Wildman–Crippen MR) is 107 cm³/mol. The van der Waals surface area contributed by atoms with Gasteiger partial charge in [-0.05, 0) is 37.0 Å². The molecule has 0 aromatic heterocycles. The molecule has 3 aliphatic rings. The molecule has 0 spiro atoms. The van der Waals surface area contributed by atoms with Gasteiger partial charge in [0.2, 0.25) is 5.91 Å². The van der Waals surface area contributed by atoms with Gasteiger partial charge in [-0.25, -0.2) is 10.4 Å². The van der Waals surface area contributed by atoms with Crippen molar-refractivity contribution in [2.45, 2.75) is 43.8 Å². The summed E-state index contributed by atoms with van der Waals surface area (Å²) in [6.45, 7) is 3.86. The third-order valence-corrected chi connectivity index (χ3v) is 6.88. The topological polar surface area (TPSA) is 56.8 Å². The number of piperidine rings is 1. The fraction of sp³-hybridized carbons (Fsp3) is 0.632. The minimum absolute atomic E-state index is 0.0391. The second-order valence-electron chi connectivity index (χ2n) is 7.86. The Balaban J connectivity index is 1.72. The van der Waals surface area contributed by atoms with Crippen LogP contribution in [0.25, 0.3) is 0 Å². The number of nitrogens with zero attached hydrogens (tertiary/aromatic N) is 2. The van der Waals surface area contributed by atoms with Crippen molar-refractivity contribution >= 4 is 34.8 Å². The molecule has 3 heterocycles. The molecular weight excluding hydrogens is 387 g/mol. The Morgan fingerprint density at radius 2 is 2.19 bits per heavy atom. The molecule has 148 valence electrons. The molecule has 0 bridgehead atoms. The van der Waals surface area contributed by atoms with Crippen LogP contribution in [0, 0.1) is 0 Å². The number of fused-ring (bicyclic) bond motifs is 3. The zero-order valence-electron chi connectivity index (χ0n) is 15.9. The third kappa shape index (κ3) is 3.32. The number of amides is 1. The molecule has 1 aromatic rings. The molecule has 1 aromatic carbocycles. The number of rotatable bonds is 3. The Morgan fingerprint density at radius 3 is 2.85 bits per heavy atom. The molecule has 4 atom stereocenters. The average Bonchev–Trinajstić information content (AvgIpc) is 3.21. The molecule has 0 saturated carbocycles. The van der Waals surface area contributed by atoms with Gasteiger partial charge in [0, 0.05) is 51.3 Å². The van der Waals surface area contributed by atoms with Crippen LogP contribution in [0.4, 0.5) is 5.69 Å². The second-order valence-corrected chi connectivity index (χ2v) is 8.65. The van der Waals surface area contributed by atoms with Gasteiger partial charge >= 0.3 is 0 Å². The highest BCUT2D eigenvalue weighted by Crippen LogP contribution is 2.50. The standard InChI is InChI=1S/C19H26Cl2N4O2/c1-10-6-15-12(8-25(10)16(26)9-27-3)17-11(14-4-5-24(2)23-14)7-13(20)18(21)19(17)22-15/h7,10,12,14-15,22-23H,4-6,8-9H2,1-3H3/t10-,12?,14?,15?/m1/s1. The largest absolute Gasteiger partial charge is 0.380 e. The van der Waals surface area contributed by atoms with Crippen molar-refractivity contribution in [2.75, 3.05) is 39.2 Å². The summed E-state index contributed by atoms with van der Waals surface area (Å²) in [5.41, 5.74) is 6.86. The summed E-state index contributed by atoms with van der Waals surface area (Å²) in [6, 6.07) is 2.63. The van der Waals surface area contributed by atoms with Crippen molar-refractivity contribution in [1.82, 2.24) is 15.3 Å². The minimum atomic E-state index is 0.0391. The van der Waals surface area contributed by atoms with Gasteiger partial charge < -0.3 is 15.0 Å². The van der Waals surface area contributed by atoms with Crippen LogP contribution < -0.4 is 10.7 Å². The summed E-state index contributed by atoms with van der Waals surface area (Å²) in [7, 11) is 3.61. The molecular formula is C19H26Cl2N4O2. The fourth-order valence-corrected chi connectivity index (χ4v) is 5.22. The van der Waals surface area contributed by atoms with Gasteiger partial charge in [-0.1, -0.05) is 23.2 Å². The van der Waals surface area contributed by atoms with E-state index in [1.807, 2.05) is 18.0 Å². The molecule has 8 heteroatoms. The number of hydrazine groups is 1. The molecule has 2 N–H and O–H groups in total. The predicted octanol–water partition coefficient (Wildman–Crippen LogP) is 3.02. The summed E-state index contributed by atoms with van der Waals surface area (Å²) < 4.78 is 5.08. The van der Waals surface area contributed by atoms with Gasteiger partial charge in [-0.2, -0.15) is 0 Å².